The monoisotopic (exact) mass is 392 g/mol. The number of hydrogen-bond acceptors (Lipinski definition) is 5. The molecule has 0 amide bonds. The van der Waals surface area contributed by atoms with Crippen molar-refractivity contribution in [3.8, 4) is 10.4 Å². The molecule has 3 aromatic heterocycles. The van der Waals surface area contributed by atoms with E-state index < -0.39 is 0 Å². The lowest BCUT2D eigenvalue weighted by Gasteiger charge is -2.44. The molecule has 1 saturated heterocycles. The smallest absolute Gasteiger partial charge is 0.177 e. The molecule has 0 atom stereocenters. The molecule has 1 N–H and O–H groups in total. The Bertz CT molecular complexity index is 999. The van der Waals surface area contributed by atoms with Gasteiger partial charge in [0.05, 0.1) is 10.6 Å². The number of aromatic nitrogens is 2. The fourth-order valence-electron chi connectivity index (χ4n) is 4.40. The van der Waals surface area contributed by atoms with Crippen LogP contribution in [-0.2, 0) is 13.6 Å². The van der Waals surface area contributed by atoms with Crippen molar-refractivity contribution in [3.63, 3.8) is 0 Å². The van der Waals surface area contributed by atoms with Gasteiger partial charge in [-0.3, -0.25) is 14.7 Å². The summed E-state index contributed by atoms with van der Waals surface area (Å²) in [6, 6.07) is 10.4. The van der Waals surface area contributed by atoms with Crippen molar-refractivity contribution in [2.75, 3.05) is 18.4 Å². The molecule has 0 unspecified atom stereocenters. The lowest BCUT2D eigenvalue weighted by atomic mass is 9.80. The van der Waals surface area contributed by atoms with Gasteiger partial charge in [0.15, 0.2) is 5.78 Å². The quantitative estimate of drug-likeness (QED) is 0.726. The Morgan fingerprint density at radius 1 is 1.21 bits per heavy atom. The molecule has 1 fully saturated rings. The van der Waals surface area contributed by atoms with Gasteiger partial charge in [0, 0.05) is 67.8 Å². The molecule has 0 aromatic carbocycles. The van der Waals surface area contributed by atoms with Crippen LogP contribution in [0.1, 0.15) is 34.6 Å². The lowest BCUT2D eigenvalue weighted by Crippen LogP contribution is -2.51. The first-order chi connectivity index (χ1) is 13.6. The Labute approximate surface area is 169 Å². The minimum Gasteiger partial charge on any atom is -0.378 e. The van der Waals surface area contributed by atoms with Crippen LogP contribution in [0.15, 0.2) is 48.9 Å². The topological polar surface area (TPSA) is 50.2 Å². The number of pyridine rings is 1. The van der Waals surface area contributed by atoms with E-state index in [1.165, 1.54) is 5.69 Å². The second-order valence-corrected chi connectivity index (χ2v) is 9.03. The van der Waals surface area contributed by atoms with Crippen molar-refractivity contribution in [1.29, 1.82) is 0 Å². The molecule has 0 radical (unpaired) electrons. The largest absolute Gasteiger partial charge is 0.378 e. The summed E-state index contributed by atoms with van der Waals surface area (Å²) >= 11 is 1.60. The van der Waals surface area contributed by atoms with E-state index >= 15 is 0 Å². The zero-order valence-electron chi connectivity index (χ0n) is 16.0. The SMILES string of the molecule is Cn1cccc1CN1CCC2(CC1)CC(=O)c1sc(-c3ccncc3)cc1N2. The van der Waals surface area contributed by atoms with Gasteiger partial charge in [-0.25, -0.2) is 0 Å². The van der Waals surface area contributed by atoms with Gasteiger partial charge < -0.3 is 9.88 Å². The highest BCUT2D eigenvalue weighted by atomic mass is 32.1. The number of nitrogens with one attached hydrogen (secondary N) is 1. The van der Waals surface area contributed by atoms with E-state index in [0.29, 0.717) is 6.42 Å². The van der Waals surface area contributed by atoms with Crippen molar-refractivity contribution >= 4 is 22.8 Å². The maximum absolute atomic E-state index is 12.9. The van der Waals surface area contributed by atoms with E-state index in [-0.39, 0.29) is 11.3 Å². The molecule has 0 saturated carbocycles. The summed E-state index contributed by atoms with van der Waals surface area (Å²) in [5.74, 6) is 0.287. The van der Waals surface area contributed by atoms with Gasteiger partial charge >= 0.3 is 0 Å². The van der Waals surface area contributed by atoms with Gasteiger partial charge in [0.2, 0.25) is 0 Å². The number of anilines is 1. The average Bonchev–Trinajstić information content (AvgIpc) is 3.31. The fourth-order valence-corrected chi connectivity index (χ4v) is 5.45. The van der Waals surface area contributed by atoms with Crippen molar-refractivity contribution in [2.45, 2.75) is 31.3 Å². The van der Waals surface area contributed by atoms with Crippen molar-refractivity contribution < 1.29 is 4.79 Å². The second kappa shape index (κ2) is 6.87. The van der Waals surface area contributed by atoms with Gasteiger partial charge in [-0.1, -0.05) is 0 Å². The Morgan fingerprint density at radius 3 is 2.71 bits per heavy atom. The molecule has 1 spiro atoms. The third-order valence-corrected chi connectivity index (χ3v) is 7.32. The number of carbonyl (C=O) groups is 1. The molecule has 6 heteroatoms. The number of aryl methyl sites for hydroxylation is 1. The van der Waals surface area contributed by atoms with Crippen molar-refractivity contribution in [3.05, 3.63) is 59.5 Å². The minimum atomic E-state index is -0.0919. The molecule has 5 heterocycles. The van der Waals surface area contributed by atoms with Crippen LogP contribution in [-0.4, -0.2) is 38.9 Å². The molecular weight excluding hydrogens is 368 g/mol. The van der Waals surface area contributed by atoms with E-state index in [4.69, 9.17) is 0 Å². The number of hydrogen-bond donors (Lipinski definition) is 1. The summed E-state index contributed by atoms with van der Waals surface area (Å²) in [7, 11) is 2.10. The van der Waals surface area contributed by atoms with Gasteiger partial charge in [-0.15, -0.1) is 11.3 Å². The number of nitrogens with zero attached hydrogens (tertiary/aromatic N) is 3. The van der Waals surface area contributed by atoms with Crippen LogP contribution in [0.4, 0.5) is 5.69 Å². The van der Waals surface area contributed by atoms with Gasteiger partial charge in [-0.2, -0.15) is 0 Å². The first kappa shape index (κ1) is 17.6. The summed E-state index contributed by atoms with van der Waals surface area (Å²) < 4.78 is 2.19. The number of rotatable bonds is 3. The number of ketones is 1. The molecule has 5 nitrogen and oxygen atoms in total. The minimum absolute atomic E-state index is 0.0919. The molecule has 2 aliphatic rings. The zero-order chi connectivity index (χ0) is 19.1. The van der Waals surface area contributed by atoms with Gasteiger partial charge in [-0.05, 0) is 48.7 Å². The molecule has 3 aromatic rings. The number of fused-ring (bicyclic) bond motifs is 1. The number of thiophene rings is 1. The van der Waals surface area contributed by atoms with Crippen LogP contribution in [0, 0.1) is 0 Å². The second-order valence-electron chi connectivity index (χ2n) is 7.98. The summed E-state index contributed by atoms with van der Waals surface area (Å²) in [5, 5.41) is 3.77. The zero-order valence-corrected chi connectivity index (χ0v) is 16.8. The standard InChI is InChI=1S/C22H24N4OS/c1-25-10-2-3-17(25)15-26-11-6-22(7-12-26)14-19(27)21-18(24-22)13-20(28-21)16-4-8-23-9-5-16/h2-5,8-10,13,24H,6-7,11-12,14-15H2,1H3. The van der Waals surface area contributed by atoms with Crippen molar-refractivity contribution in [1.82, 2.24) is 14.5 Å². The molecule has 5 rings (SSSR count). The van der Waals surface area contributed by atoms with Gasteiger partial charge in [0.25, 0.3) is 0 Å². The van der Waals surface area contributed by atoms with Crippen LogP contribution in [0.5, 0.6) is 0 Å². The van der Waals surface area contributed by atoms with Crippen LogP contribution < -0.4 is 5.32 Å². The summed E-state index contributed by atoms with van der Waals surface area (Å²) in [5.41, 5.74) is 3.39. The molecule has 28 heavy (non-hydrogen) atoms. The Kier molecular flexibility index (Phi) is 4.33. The Balaban J connectivity index is 1.32. The van der Waals surface area contributed by atoms with Crippen LogP contribution in [0.3, 0.4) is 0 Å². The van der Waals surface area contributed by atoms with E-state index in [1.54, 1.807) is 23.7 Å². The van der Waals surface area contributed by atoms with Crippen LogP contribution in [0.2, 0.25) is 0 Å². The highest BCUT2D eigenvalue weighted by molar-refractivity contribution is 7.18. The Hall–Kier alpha value is -2.44. The average molecular weight is 393 g/mol. The number of carbonyl (C=O) groups excluding carboxylic acids is 1. The number of likely N-dealkylation sites (tertiary alicyclic amines) is 1. The summed E-state index contributed by atoms with van der Waals surface area (Å²) in [6.45, 7) is 3.01. The van der Waals surface area contributed by atoms with E-state index in [2.05, 4.69) is 51.2 Å². The number of piperidine rings is 1. The van der Waals surface area contributed by atoms with Crippen molar-refractivity contribution in [2.24, 2.45) is 7.05 Å². The Morgan fingerprint density at radius 2 is 2.00 bits per heavy atom. The fraction of sp³-hybridized carbons (Fsp3) is 0.364. The summed E-state index contributed by atoms with van der Waals surface area (Å²) in [4.78, 5) is 21.5. The number of Topliss-reactive ketones (excluding diaryl/α,β-unsaturated/α-hetero) is 1. The molecular formula is C22H24N4OS. The van der Waals surface area contributed by atoms with Gasteiger partial charge in [0.1, 0.15) is 0 Å². The maximum atomic E-state index is 12.9. The summed E-state index contributed by atoms with van der Waals surface area (Å²) in [6.07, 6.45) is 8.31. The highest BCUT2D eigenvalue weighted by Crippen LogP contribution is 2.43. The third kappa shape index (κ3) is 3.16. The predicted octanol–water partition coefficient (Wildman–Crippen LogP) is 4.18. The van der Waals surface area contributed by atoms with E-state index in [1.807, 2.05) is 12.1 Å². The van der Waals surface area contributed by atoms with E-state index in [9.17, 15) is 4.79 Å². The first-order valence-electron chi connectivity index (χ1n) is 9.80. The first-order valence-corrected chi connectivity index (χ1v) is 10.6. The van der Waals surface area contributed by atoms with Crippen LogP contribution in [0.25, 0.3) is 10.4 Å². The van der Waals surface area contributed by atoms with E-state index in [0.717, 1.165) is 53.5 Å². The predicted molar refractivity (Wildman–Crippen MR) is 113 cm³/mol. The molecule has 2 aliphatic heterocycles. The van der Waals surface area contributed by atoms with Crippen LogP contribution >= 0.6 is 11.3 Å². The molecule has 0 bridgehead atoms. The lowest BCUT2D eigenvalue weighted by molar-refractivity contribution is 0.0902. The molecule has 144 valence electrons. The normalized spacial score (nSPS) is 18.8. The molecule has 0 aliphatic carbocycles. The third-order valence-electron chi connectivity index (χ3n) is 6.10. The maximum Gasteiger partial charge on any atom is 0.177 e. The highest BCUT2D eigenvalue weighted by Gasteiger charge is 2.41.